The maximum Gasteiger partial charge on any atom is 0.203 e. The van der Waals surface area contributed by atoms with E-state index in [9.17, 15) is 10.1 Å². The molecule has 1 aromatic heterocycles. The lowest BCUT2D eigenvalue weighted by Gasteiger charge is -1.99. The Balaban J connectivity index is 2.09. The standard InChI is InChI=1S/C21H16N2O/c1-2-12-23-15-18(19-10-6-7-11-20(19)23)13-17(14-22)21(24)16-8-4-3-5-9-16/h2-11,13,15H,1,12H2. The number of allylic oxidation sites excluding steroid dienone is 2. The molecule has 116 valence electrons. The number of carbonyl (C=O) groups is 1. The number of hydrogen-bond donors (Lipinski definition) is 0. The average Bonchev–Trinajstić information content (AvgIpc) is 2.98. The van der Waals surface area contributed by atoms with Crippen molar-refractivity contribution < 1.29 is 4.79 Å². The van der Waals surface area contributed by atoms with E-state index in [0.717, 1.165) is 16.5 Å². The summed E-state index contributed by atoms with van der Waals surface area (Å²) in [5, 5.41) is 10.4. The summed E-state index contributed by atoms with van der Waals surface area (Å²) in [5.74, 6) is -0.265. The maximum absolute atomic E-state index is 12.5. The molecule has 0 N–H and O–H groups in total. The third kappa shape index (κ3) is 2.90. The normalized spacial score (nSPS) is 11.2. The molecule has 0 aliphatic heterocycles. The van der Waals surface area contributed by atoms with Gasteiger partial charge in [0.2, 0.25) is 5.78 Å². The lowest BCUT2D eigenvalue weighted by atomic mass is 10.0. The third-order valence-electron chi connectivity index (χ3n) is 3.85. The van der Waals surface area contributed by atoms with Crippen LogP contribution >= 0.6 is 0 Å². The molecular weight excluding hydrogens is 296 g/mol. The molecule has 0 spiro atoms. The van der Waals surface area contributed by atoms with E-state index in [0.29, 0.717) is 12.1 Å². The van der Waals surface area contributed by atoms with Crippen LogP contribution in [0, 0.1) is 11.3 Å². The summed E-state index contributed by atoms with van der Waals surface area (Å²) >= 11 is 0. The molecule has 24 heavy (non-hydrogen) atoms. The van der Waals surface area contributed by atoms with Crippen molar-refractivity contribution in [2.45, 2.75) is 6.54 Å². The van der Waals surface area contributed by atoms with E-state index in [2.05, 4.69) is 11.1 Å². The van der Waals surface area contributed by atoms with Gasteiger partial charge >= 0.3 is 0 Å². The van der Waals surface area contributed by atoms with Crippen molar-refractivity contribution in [3.05, 3.63) is 90.1 Å². The first-order chi connectivity index (χ1) is 11.7. The molecule has 0 saturated carbocycles. The largest absolute Gasteiger partial charge is 0.343 e. The van der Waals surface area contributed by atoms with Gasteiger partial charge in [-0.25, -0.2) is 0 Å². The smallest absolute Gasteiger partial charge is 0.203 e. The molecule has 0 aliphatic carbocycles. The molecule has 1 heterocycles. The van der Waals surface area contributed by atoms with E-state index in [1.807, 2.05) is 48.7 Å². The highest BCUT2D eigenvalue weighted by Crippen LogP contribution is 2.24. The molecule has 3 rings (SSSR count). The van der Waals surface area contributed by atoms with Gasteiger partial charge in [-0.15, -0.1) is 6.58 Å². The van der Waals surface area contributed by atoms with E-state index >= 15 is 0 Å². The van der Waals surface area contributed by atoms with Crippen LogP contribution in [0.3, 0.4) is 0 Å². The Morgan fingerprint density at radius 2 is 1.83 bits per heavy atom. The van der Waals surface area contributed by atoms with Crippen LogP contribution in [0.15, 0.2) is 79.0 Å². The highest BCUT2D eigenvalue weighted by atomic mass is 16.1. The van der Waals surface area contributed by atoms with E-state index < -0.39 is 0 Å². The summed E-state index contributed by atoms with van der Waals surface area (Å²) in [4.78, 5) is 12.5. The van der Waals surface area contributed by atoms with Gasteiger partial charge in [0, 0.05) is 34.8 Å². The molecule has 0 aliphatic rings. The first-order valence-electron chi connectivity index (χ1n) is 7.65. The van der Waals surface area contributed by atoms with E-state index in [4.69, 9.17) is 0 Å². The number of nitrogens with zero attached hydrogens (tertiary/aromatic N) is 2. The molecule has 0 unspecified atom stereocenters. The Morgan fingerprint density at radius 1 is 1.12 bits per heavy atom. The molecule has 0 bridgehead atoms. The fourth-order valence-corrected chi connectivity index (χ4v) is 2.73. The monoisotopic (exact) mass is 312 g/mol. The summed E-state index contributed by atoms with van der Waals surface area (Å²) in [6.07, 6.45) is 5.43. The third-order valence-corrected chi connectivity index (χ3v) is 3.85. The van der Waals surface area contributed by atoms with Gasteiger partial charge in [-0.2, -0.15) is 5.26 Å². The number of para-hydroxylation sites is 1. The number of hydrogen-bond acceptors (Lipinski definition) is 2. The zero-order valence-corrected chi connectivity index (χ0v) is 13.1. The number of carbonyl (C=O) groups excluding carboxylic acids is 1. The van der Waals surface area contributed by atoms with Crippen LogP contribution in [0.2, 0.25) is 0 Å². The fraction of sp³-hybridized carbons (Fsp3) is 0.0476. The van der Waals surface area contributed by atoms with E-state index in [-0.39, 0.29) is 11.4 Å². The summed E-state index contributed by atoms with van der Waals surface area (Å²) in [6, 6.07) is 18.8. The van der Waals surface area contributed by atoms with Crippen LogP contribution in [0.25, 0.3) is 17.0 Å². The minimum absolute atomic E-state index is 0.128. The summed E-state index contributed by atoms with van der Waals surface area (Å²) in [7, 11) is 0. The van der Waals surface area contributed by atoms with Gasteiger partial charge in [-0.3, -0.25) is 4.79 Å². The first-order valence-corrected chi connectivity index (χ1v) is 7.65. The van der Waals surface area contributed by atoms with Crippen LogP contribution in [0.5, 0.6) is 0 Å². The molecule has 2 aromatic carbocycles. The van der Waals surface area contributed by atoms with Crippen LogP contribution < -0.4 is 0 Å². The minimum atomic E-state index is -0.265. The number of Topliss-reactive ketones (excluding diaryl/α,β-unsaturated/α-hetero) is 1. The Labute approximate surface area is 140 Å². The van der Waals surface area contributed by atoms with Gasteiger partial charge in [-0.05, 0) is 12.1 Å². The Kier molecular flexibility index (Phi) is 4.40. The molecule has 0 fully saturated rings. The van der Waals surface area contributed by atoms with Crippen molar-refractivity contribution in [3.8, 4) is 6.07 Å². The van der Waals surface area contributed by atoms with Crippen molar-refractivity contribution in [1.29, 1.82) is 5.26 Å². The lowest BCUT2D eigenvalue weighted by molar-refractivity contribution is 0.104. The SMILES string of the molecule is C=CCn1cc(C=C(C#N)C(=O)c2ccccc2)c2ccccc21. The molecule has 0 atom stereocenters. The molecule has 3 nitrogen and oxygen atoms in total. The number of ketones is 1. The number of rotatable bonds is 5. The average molecular weight is 312 g/mol. The van der Waals surface area contributed by atoms with Gasteiger partial charge in [0.05, 0.1) is 0 Å². The van der Waals surface area contributed by atoms with Crippen LogP contribution in [0.4, 0.5) is 0 Å². The highest BCUT2D eigenvalue weighted by Gasteiger charge is 2.13. The van der Waals surface area contributed by atoms with Crippen LogP contribution in [0.1, 0.15) is 15.9 Å². The lowest BCUT2D eigenvalue weighted by Crippen LogP contribution is -2.01. The molecule has 3 aromatic rings. The summed E-state index contributed by atoms with van der Waals surface area (Å²) in [6.45, 7) is 4.44. The zero-order chi connectivity index (χ0) is 16.9. The van der Waals surface area contributed by atoms with E-state index in [1.165, 1.54) is 0 Å². The molecule has 3 heteroatoms. The summed E-state index contributed by atoms with van der Waals surface area (Å²) in [5.41, 5.74) is 2.55. The van der Waals surface area contributed by atoms with Crippen LogP contribution in [-0.4, -0.2) is 10.4 Å². The van der Waals surface area contributed by atoms with Crippen molar-refractivity contribution in [3.63, 3.8) is 0 Å². The second kappa shape index (κ2) is 6.80. The maximum atomic E-state index is 12.5. The second-order valence-corrected chi connectivity index (χ2v) is 5.41. The topological polar surface area (TPSA) is 45.8 Å². The second-order valence-electron chi connectivity index (χ2n) is 5.41. The minimum Gasteiger partial charge on any atom is -0.343 e. The van der Waals surface area contributed by atoms with Gasteiger partial charge in [0.15, 0.2) is 0 Å². The Bertz CT molecular complexity index is 972. The fourth-order valence-electron chi connectivity index (χ4n) is 2.73. The quantitative estimate of drug-likeness (QED) is 0.299. The van der Waals surface area contributed by atoms with Crippen LogP contribution in [-0.2, 0) is 6.54 Å². The Hall–Kier alpha value is -3.38. The van der Waals surface area contributed by atoms with Crippen molar-refractivity contribution >= 4 is 22.8 Å². The van der Waals surface area contributed by atoms with E-state index in [1.54, 1.807) is 30.3 Å². The number of benzene rings is 2. The van der Waals surface area contributed by atoms with Crippen molar-refractivity contribution in [2.75, 3.05) is 0 Å². The Morgan fingerprint density at radius 3 is 2.54 bits per heavy atom. The number of fused-ring (bicyclic) bond motifs is 1. The van der Waals surface area contributed by atoms with Gasteiger partial charge < -0.3 is 4.57 Å². The predicted octanol–water partition coefficient (Wildman–Crippen LogP) is 4.62. The number of aromatic nitrogens is 1. The molecule has 0 saturated heterocycles. The zero-order valence-electron chi connectivity index (χ0n) is 13.1. The highest BCUT2D eigenvalue weighted by molar-refractivity contribution is 6.14. The molecular formula is C21H16N2O. The van der Waals surface area contributed by atoms with Gasteiger partial charge in [0.1, 0.15) is 11.6 Å². The van der Waals surface area contributed by atoms with Gasteiger partial charge in [-0.1, -0.05) is 54.6 Å². The molecule has 0 amide bonds. The van der Waals surface area contributed by atoms with Gasteiger partial charge in [0.25, 0.3) is 0 Å². The first kappa shape index (κ1) is 15.5. The number of nitriles is 1. The summed E-state index contributed by atoms with van der Waals surface area (Å²) < 4.78 is 2.05. The molecule has 0 radical (unpaired) electrons. The van der Waals surface area contributed by atoms with Crippen molar-refractivity contribution in [2.24, 2.45) is 0 Å². The van der Waals surface area contributed by atoms with Crippen molar-refractivity contribution in [1.82, 2.24) is 4.57 Å². The predicted molar refractivity (Wildman–Crippen MR) is 96.5 cm³/mol.